The summed E-state index contributed by atoms with van der Waals surface area (Å²) in [6.45, 7) is 9.35. The Kier molecular flexibility index (Phi) is 5.94. The van der Waals surface area contributed by atoms with Crippen LogP contribution >= 0.6 is 11.6 Å². The number of ether oxygens (including phenoxy) is 2. The number of hydrogen-bond acceptors (Lipinski definition) is 5. The van der Waals surface area contributed by atoms with Gasteiger partial charge in [0, 0.05) is 5.70 Å². The molecule has 0 bridgehead atoms. The van der Waals surface area contributed by atoms with Crippen LogP contribution in [-0.4, -0.2) is 30.3 Å². The van der Waals surface area contributed by atoms with Crippen LogP contribution in [0.1, 0.15) is 46.2 Å². The van der Waals surface area contributed by atoms with E-state index in [1.165, 1.54) is 19.2 Å². The topological polar surface area (TPSA) is 96.9 Å². The van der Waals surface area contributed by atoms with Gasteiger partial charge in [-0.15, -0.1) is 0 Å². The van der Waals surface area contributed by atoms with Gasteiger partial charge < -0.3 is 25.2 Å². The van der Waals surface area contributed by atoms with Crippen molar-refractivity contribution in [1.29, 1.82) is 0 Å². The Bertz CT molecular complexity index is 798. The van der Waals surface area contributed by atoms with E-state index >= 15 is 0 Å². The second kappa shape index (κ2) is 7.68. The highest BCUT2D eigenvalue weighted by Crippen LogP contribution is 2.39. The molecule has 0 aliphatic carbocycles. The second-order valence-corrected chi connectivity index (χ2v) is 7.94. The van der Waals surface area contributed by atoms with Crippen LogP contribution < -0.4 is 15.4 Å². The predicted octanol–water partition coefficient (Wildman–Crippen LogP) is 3.66. The summed E-state index contributed by atoms with van der Waals surface area (Å²) in [7, 11) is 1.39. The molecule has 8 heteroatoms. The summed E-state index contributed by atoms with van der Waals surface area (Å²) in [6.07, 6.45) is -0.346. The molecule has 2 amide bonds. The Labute approximate surface area is 163 Å². The summed E-state index contributed by atoms with van der Waals surface area (Å²) in [6, 6.07) is 1.74. The predicted molar refractivity (Wildman–Crippen MR) is 102 cm³/mol. The van der Waals surface area contributed by atoms with Gasteiger partial charge in [0.25, 0.3) is 0 Å². The third-order valence-corrected chi connectivity index (χ3v) is 4.88. The SMILES string of the molecule is COc1cc([C@H]2NC(=O)NC(C)=C2C(=O)O[C@H](C)C(C)(C)C)cc(Cl)c1O. The van der Waals surface area contributed by atoms with E-state index < -0.39 is 18.0 Å². The van der Waals surface area contributed by atoms with Gasteiger partial charge in [-0.3, -0.25) is 0 Å². The van der Waals surface area contributed by atoms with Crippen molar-refractivity contribution in [2.45, 2.75) is 46.8 Å². The summed E-state index contributed by atoms with van der Waals surface area (Å²) in [5.41, 5.74) is 0.891. The average Bonchev–Trinajstić information content (AvgIpc) is 2.55. The van der Waals surface area contributed by atoms with Crippen molar-refractivity contribution >= 4 is 23.6 Å². The van der Waals surface area contributed by atoms with Crippen LogP contribution in [0, 0.1) is 5.41 Å². The molecule has 1 aromatic carbocycles. The lowest BCUT2D eigenvalue weighted by Gasteiger charge is -2.32. The van der Waals surface area contributed by atoms with E-state index in [1.54, 1.807) is 6.92 Å². The van der Waals surface area contributed by atoms with Crippen LogP contribution in [0.25, 0.3) is 0 Å². The monoisotopic (exact) mass is 396 g/mol. The van der Waals surface area contributed by atoms with E-state index in [4.69, 9.17) is 21.1 Å². The van der Waals surface area contributed by atoms with Crippen LogP contribution in [-0.2, 0) is 9.53 Å². The zero-order valence-corrected chi connectivity index (χ0v) is 17.0. The number of amides is 2. The van der Waals surface area contributed by atoms with Gasteiger partial charge in [0.05, 0.1) is 23.7 Å². The number of methoxy groups -OCH3 is 1. The van der Waals surface area contributed by atoms with Crippen LogP contribution in [0.15, 0.2) is 23.4 Å². The Hall–Kier alpha value is -2.41. The first-order valence-corrected chi connectivity index (χ1v) is 8.89. The molecule has 0 aromatic heterocycles. The zero-order chi connectivity index (χ0) is 20.5. The minimum atomic E-state index is -0.801. The Morgan fingerprint density at radius 2 is 1.96 bits per heavy atom. The summed E-state index contributed by atoms with van der Waals surface area (Å²) < 4.78 is 10.7. The number of carbonyl (C=O) groups excluding carboxylic acids is 2. The number of phenolic OH excluding ortho intramolecular Hbond substituents is 1. The Morgan fingerprint density at radius 3 is 2.52 bits per heavy atom. The third-order valence-electron chi connectivity index (χ3n) is 4.60. The van der Waals surface area contributed by atoms with Gasteiger partial charge >= 0.3 is 12.0 Å². The lowest BCUT2D eigenvalue weighted by atomic mass is 9.90. The first kappa shape index (κ1) is 20.9. The molecule has 0 spiro atoms. The first-order chi connectivity index (χ1) is 12.5. The van der Waals surface area contributed by atoms with Crippen LogP contribution in [0.5, 0.6) is 11.5 Å². The van der Waals surface area contributed by atoms with Crippen molar-refractivity contribution in [3.05, 3.63) is 34.0 Å². The van der Waals surface area contributed by atoms with Crippen molar-refractivity contribution in [3.8, 4) is 11.5 Å². The van der Waals surface area contributed by atoms with Gasteiger partial charge in [-0.1, -0.05) is 32.4 Å². The summed E-state index contributed by atoms with van der Waals surface area (Å²) in [4.78, 5) is 24.9. The number of halogens is 1. The molecule has 3 N–H and O–H groups in total. The molecule has 1 aromatic rings. The van der Waals surface area contributed by atoms with Gasteiger partial charge in [0.1, 0.15) is 6.10 Å². The first-order valence-electron chi connectivity index (χ1n) is 8.51. The minimum absolute atomic E-state index is 0.0468. The van der Waals surface area contributed by atoms with Gasteiger partial charge in [0.15, 0.2) is 11.5 Å². The lowest BCUT2D eigenvalue weighted by molar-refractivity contribution is -0.149. The van der Waals surface area contributed by atoms with Gasteiger partial charge in [-0.05, 0) is 37.0 Å². The standard InChI is InChI=1S/C19H25ClN2O5/c1-9-14(17(24)27-10(2)19(3,4)5)15(22-18(25)21-9)11-7-12(20)16(23)13(8-11)26-6/h7-8,10,15,23H,1-6H3,(H2,21,22,25)/t10-,15-/m1/s1. The van der Waals surface area contributed by atoms with Crippen molar-refractivity contribution in [2.24, 2.45) is 5.41 Å². The highest BCUT2D eigenvalue weighted by atomic mass is 35.5. The molecule has 1 aliphatic rings. The number of nitrogens with one attached hydrogen (secondary N) is 2. The molecule has 0 radical (unpaired) electrons. The number of rotatable bonds is 4. The molecule has 7 nitrogen and oxygen atoms in total. The molecule has 1 heterocycles. The molecule has 148 valence electrons. The summed E-state index contributed by atoms with van der Waals surface area (Å²) in [5, 5.41) is 15.3. The number of hydrogen-bond donors (Lipinski definition) is 3. The average molecular weight is 397 g/mol. The quantitative estimate of drug-likeness (QED) is 0.675. The molecule has 0 unspecified atom stereocenters. The van der Waals surface area contributed by atoms with Crippen molar-refractivity contribution < 1.29 is 24.2 Å². The summed E-state index contributed by atoms with van der Waals surface area (Å²) in [5.74, 6) is -0.622. The largest absolute Gasteiger partial charge is 0.503 e. The van der Waals surface area contributed by atoms with Crippen LogP contribution in [0.3, 0.4) is 0 Å². The fraction of sp³-hybridized carbons (Fsp3) is 0.474. The number of aromatic hydroxyl groups is 1. The number of esters is 1. The van der Waals surface area contributed by atoms with E-state index in [9.17, 15) is 14.7 Å². The zero-order valence-electron chi connectivity index (χ0n) is 16.3. The minimum Gasteiger partial charge on any atom is -0.503 e. The molecule has 2 rings (SSSR count). The second-order valence-electron chi connectivity index (χ2n) is 7.54. The Morgan fingerprint density at radius 1 is 1.33 bits per heavy atom. The molecular formula is C19H25ClN2O5. The van der Waals surface area contributed by atoms with Crippen LogP contribution in [0.4, 0.5) is 4.79 Å². The summed E-state index contributed by atoms with van der Waals surface area (Å²) >= 11 is 6.07. The maximum atomic E-state index is 12.9. The smallest absolute Gasteiger partial charge is 0.338 e. The number of allylic oxidation sites excluding steroid dienone is 1. The number of phenols is 1. The van der Waals surface area contributed by atoms with E-state index in [2.05, 4.69) is 10.6 Å². The maximum absolute atomic E-state index is 12.9. The highest BCUT2D eigenvalue weighted by Gasteiger charge is 2.35. The molecule has 2 atom stereocenters. The third kappa shape index (κ3) is 4.47. The molecule has 0 saturated carbocycles. The molecule has 1 aliphatic heterocycles. The Balaban J connectivity index is 2.47. The van der Waals surface area contributed by atoms with Gasteiger partial charge in [0.2, 0.25) is 0 Å². The van der Waals surface area contributed by atoms with Gasteiger partial charge in [-0.25, -0.2) is 9.59 Å². The molecule has 0 fully saturated rings. The normalized spacial score (nSPS) is 18.5. The van der Waals surface area contributed by atoms with E-state index in [1.807, 2.05) is 27.7 Å². The molecule has 27 heavy (non-hydrogen) atoms. The van der Waals surface area contributed by atoms with Crippen molar-refractivity contribution in [2.75, 3.05) is 7.11 Å². The highest BCUT2D eigenvalue weighted by molar-refractivity contribution is 6.32. The molecular weight excluding hydrogens is 372 g/mol. The fourth-order valence-electron chi connectivity index (χ4n) is 2.53. The number of benzene rings is 1. The maximum Gasteiger partial charge on any atom is 0.338 e. The molecule has 0 saturated heterocycles. The fourth-order valence-corrected chi connectivity index (χ4v) is 2.75. The van der Waals surface area contributed by atoms with Crippen molar-refractivity contribution in [1.82, 2.24) is 10.6 Å². The van der Waals surface area contributed by atoms with Crippen molar-refractivity contribution in [3.63, 3.8) is 0 Å². The number of urea groups is 1. The van der Waals surface area contributed by atoms with Crippen LogP contribution in [0.2, 0.25) is 5.02 Å². The van der Waals surface area contributed by atoms with E-state index in [-0.39, 0.29) is 33.6 Å². The number of carbonyl (C=O) groups is 2. The van der Waals surface area contributed by atoms with E-state index in [0.717, 1.165) is 0 Å². The van der Waals surface area contributed by atoms with E-state index in [0.29, 0.717) is 11.3 Å². The van der Waals surface area contributed by atoms with Gasteiger partial charge in [-0.2, -0.15) is 0 Å². The lowest BCUT2D eigenvalue weighted by Crippen LogP contribution is -2.46.